The molecule has 1 aromatic heterocycles. The zero-order chi connectivity index (χ0) is 20.5. The van der Waals surface area contributed by atoms with Crippen molar-refractivity contribution in [3.8, 4) is 0 Å². The second-order valence-corrected chi connectivity index (χ2v) is 8.06. The SMILES string of the molecule is CN=C(NCCNC(=O)c1scnc1C)NC1CCN(Cc2ccccc2)CC1. The van der Waals surface area contributed by atoms with E-state index in [1.165, 1.54) is 16.9 Å². The minimum absolute atomic E-state index is 0.0689. The molecule has 0 spiro atoms. The molecular formula is C21H30N6OS. The van der Waals surface area contributed by atoms with E-state index in [9.17, 15) is 4.79 Å². The number of amides is 1. The first-order valence-corrected chi connectivity index (χ1v) is 11.0. The summed E-state index contributed by atoms with van der Waals surface area (Å²) in [6, 6.07) is 11.0. The molecule has 1 aliphatic heterocycles. The molecule has 3 rings (SSSR count). The first kappa shape index (κ1) is 21.3. The van der Waals surface area contributed by atoms with E-state index in [4.69, 9.17) is 0 Å². The van der Waals surface area contributed by atoms with E-state index >= 15 is 0 Å². The average molecular weight is 415 g/mol. The van der Waals surface area contributed by atoms with Gasteiger partial charge in [-0.3, -0.25) is 14.7 Å². The fraction of sp³-hybridized carbons (Fsp3) is 0.476. The second kappa shape index (κ2) is 10.9. The third kappa shape index (κ3) is 6.54. The van der Waals surface area contributed by atoms with Gasteiger partial charge in [0.25, 0.3) is 5.91 Å². The predicted molar refractivity (Wildman–Crippen MR) is 118 cm³/mol. The molecule has 29 heavy (non-hydrogen) atoms. The van der Waals surface area contributed by atoms with E-state index in [-0.39, 0.29) is 5.91 Å². The van der Waals surface area contributed by atoms with Gasteiger partial charge in [0.2, 0.25) is 0 Å². The summed E-state index contributed by atoms with van der Waals surface area (Å²) in [5, 5.41) is 9.71. The summed E-state index contributed by atoms with van der Waals surface area (Å²) in [5.41, 5.74) is 3.84. The first-order chi connectivity index (χ1) is 14.2. The molecule has 0 radical (unpaired) electrons. The lowest BCUT2D eigenvalue weighted by atomic mass is 10.0. The fourth-order valence-electron chi connectivity index (χ4n) is 3.42. The Bertz CT molecular complexity index is 799. The van der Waals surface area contributed by atoms with Crippen molar-refractivity contribution >= 4 is 23.2 Å². The fourth-order valence-corrected chi connectivity index (χ4v) is 4.14. The third-order valence-corrected chi connectivity index (χ3v) is 5.98. The molecule has 0 bridgehead atoms. The maximum absolute atomic E-state index is 12.1. The Hall–Kier alpha value is -2.45. The summed E-state index contributed by atoms with van der Waals surface area (Å²) in [7, 11) is 1.78. The largest absolute Gasteiger partial charge is 0.355 e. The minimum atomic E-state index is -0.0689. The van der Waals surface area contributed by atoms with Gasteiger partial charge in [0.15, 0.2) is 5.96 Å². The van der Waals surface area contributed by atoms with Crippen LogP contribution in [-0.4, -0.2) is 61.0 Å². The molecule has 2 heterocycles. The number of benzene rings is 1. The predicted octanol–water partition coefficient (Wildman–Crippen LogP) is 2.01. The van der Waals surface area contributed by atoms with Crippen LogP contribution in [0, 0.1) is 6.92 Å². The van der Waals surface area contributed by atoms with Crippen molar-refractivity contribution in [2.45, 2.75) is 32.4 Å². The number of likely N-dealkylation sites (tertiary alicyclic amines) is 1. The molecule has 1 aromatic carbocycles. The molecule has 8 heteroatoms. The van der Waals surface area contributed by atoms with Crippen molar-refractivity contribution in [3.63, 3.8) is 0 Å². The number of guanidine groups is 1. The Morgan fingerprint density at radius 3 is 2.59 bits per heavy atom. The summed E-state index contributed by atoms with van der Waals surface area (Å²) >= 11 is 1.37. The van der Waals surface area contributed by atoms with Gasteiger partial charge in [-0.1, -0.05) is 30.3 Å². The van der Waals surface area contributed by atoms with Crippen LogP contribution in [-0.2, 0) is 6.54 Å². The van der Waals surface area contributed by atoms with Gasteiger partial charge in [-0.2, -0.15) is 0 Å². The van der Waals surface area contributed by atoms with E-state index < -0.39 is 0 Å². The maximum Gasteiger partial charge on any atom is 0.263 e. The van der Waals surface area contributed by atoms with E-state index in [0.29, 0.717) is 24.0 Å². The van der Waals surface area contributed by atoms with Gasteiger partial charge in [-0.05, 0) is 25.3 Å². The van der Waals surface area contributed by atoms with E-state index in [2.05, 4.69) is 61.2 Å². The van der Waals surface area contributed by atoms with Gasteiger partial charge in [-0.25, -0.2) is 4.98 Å². The summed E-state index contributed by atoms with van der Waals surface area (Å²) in [4.78, 5) is 23.7. The molecule has 0 atom stereocenters. The lowest BCUT2D eigenvalue weighted by Crippen LogP contribution is -2.49. The molecular weight excluding hydrogens is 384 g/mol. The smallest absolute Gasteiger partial charge is 0.263 e. The second-order valence-electron chi connectivity index (χ2n) is 7.20. The number of piperidine rings is 1. The van der Waals surface area contributed by atoms with Crippen molar-refractivity contribution in [1.29, 1.82) is 0 Å². The monoisotopic (exact) mass is 414 g/mol. The van der Waals surface area contributed by atoms with Gasteiger partial charge in [0, 0.05) is 45.8 Å². The highest BCUT2D eigenvalue weighted by Gasteiger charge is 2.20. The third-order valence-electron chi connectivity index (χ3n) is 5.06. The molecule has 1 saturated heterocycles. The Balaban J connectivity index is 1.33. The molecule has 1 aliphatic rings. The van der Waals surface area contributed by atoms with E-state index in [1.54, 1.807) is 12.6 Å². The molecule has 3 N–H and O–H groups in total. The number of thiazole rings is 1. The lowest BCUT2D eigenvalue weighted by Gasteiger charge is -2.33. The maximum atomic E-state index is 12.1. The van der Waals surface area contributed by atoms with Gasteiger partial charge < -0.3 is 16.0 Å². The number of nitrogens with one attached hydrogen (secondary N) is 3. The summed E-state index contributed by atoms with van der Waals surface area (Å²) in [6.07, 6.45) is 2.18. The molecule has 0 saturated carbocycles. The Morgan fingerprint density at radius 2 is 1.93 bits per heavy atom. The van der Waals surface area contributed by atoms with Crippen molar-refractivity contribution in [1.82, 2.24) is 25.8 Å². The number of hydrogen-bond acceptors (Lipinski definition) is 5. The van der Waals surface area contributed by atoms with Crippen molar-refractivity contribution < 1.29 is 4.79 Å². The van der Waals surface area contributed by atoms with Crippen molar-refractivity contribution in [2.75, 3.05) is 33.2 Å². The van der Waals surface area contributed by atoms with E-state index in [0.717, 1.165) is 44.1 Å². The topological polar surface area (TPSA) is 81.6 Å². The molecule has 1 amide bonds. The highest BCUT2D eigenvalue weighted by atomic mass is 32.1. The molecule has 0 aliphatic carbocycles. The standard InChI is InChI=1S/C21H30N6OS/c1-16-19(29-15-25-16)20(28)23-10-11-24-21(22-2)26-18-8-12-27(13-9-18)14-17-6-4-3-5-7-17/h3-7,15,18H,8-14H2,1-2H3,(H,23,28)(H2,22,24,26). The van der Waals surface area contributed by atoms with Crippen LogP contribution >= 0.6 is 11.3 Å². The van der Waals surface area contributed by atoms with Gasteiger partial charge in [0.05, 0.1) is 11.2 Å². The number of carbonyl (C=O) groups excluding carboxylic acids is 1. The van der Waals surface area contributed by atoms with Crippen LogP contribution in [0.1, 0.15) is 33.8 Å². The number of carbonyl (C=O) groups is 1. The normalized spacial score (nSPS) is 15.9. The zero-order valence-electron chi connectivity index (χ0n) is 17.1. The van der Waals surface area contributed by atoms with Crippen LogP contribution < -0.4 is 16.0 Å². The van der Waals surface area contributed by atoms with Gasteiger partial charge in [-0.15, -0.1) is 11.3 Å². The lowest BCUT2D eigenvalue weighted by molar-refractivity contribution is 0.0957. The van der Waals surface area contributed by atoms with Gasteiger partial charge in [0.1, 0.15) is 4.88 Å². The molecule has 0 unspecified atom stereocenters. The van der Waals surface area contributed by atoms with Crippen molar-refractivity contribution in [2.24, 2.45) is 4.99 Å². The number of aliphatic imine (C=N–C) groups is 1. The number of hydrogen-bond donors (Lipinski definition) is 3. The van der Waals surface area contributed by atoms with Crippen LogP contribution in [0.2, 0.25) is 0 Å². The van der Waals surface area contributed by atoms with Crippen molar-refractivity contribution in [3.05, 3.63) is 52.0 Å². The molecule has 7 nitrogen and oxygen atoms in total. The van der Waals surface area contributed by atoms with Crippen LogP contribution in [0.25, 0.3) is 0 Å². The van der Waals surface area contributed by atoms with Crippen LogP contribution in [0.3, 0.4) is 0 Å². The Labute approximate surface area is 176 Å². The number of nitrogens with zero attached hydrogens (tertiary/aromatic N) is 3. The Morgan fingerprint density at radius 1 is 1.21 bits per heavy atom. The number of aryl methyl sites for hydroxylation is 1. The van der Waals surface area contributed by atoms with Crippen LogP contribution in [0.15, 0.2) is 40.8 Å². The highest BCUT2D eigenvalue weighted by Crippen LogP contribution is 2.14. The summed E-state index contributed by atoms with van der Waals surface area (Å²) in [6.45, 7) is 6.17. The molecule has 1 fully saturated rings. The Kier molecular flexibility index (Phi) is 8.01. The number of aromatic nitrogens is 1. The minimum Gasteiger partial charge on any atom is -0.355 e. The summed E-state index contributed by atoms with van der Waals surface area (Å²) in [5.74, 6) is 0.718. The highest BCUT2D eigenvalue weighted by molar-refractivity contribution is 7.11. The average Bonchev–Trinajstić information content (AvgIpc) is 3.18. The van der Waals surface area contributed by atoms with E-state index in [1.807, 2.05) is 6.92 Å². The first-order valence-electron chi connectivity index (χ1n) is 10.1. The number of rotatable bonds is 7. The zero-order valence-corrected chi connectivity index (χ0v) is 18.0. The summed E-state index contributed by atoms with van der Waals surface area (Å²) < 4.78 is 0. The van der Waals surface area contributed by atoms with Crippen LogP contribution in [0.4, 0.5) is 0 Å². The van der Waals surface area contributed by atoms with Gasteiger partial charge >= 0.3 is 0 Å². The van der Waals surface area contributed by atoms with Crippen LogP contribution in [0.5, 0.6) is 0 Å². The molecule has 2 aromatic rings. The molecule has 156 valence electrons. The quantitative estimate of drug-likeness (QED) is 0.367.